The average Bonchev–Trinajstić information content (AvgIpc) is 2.86. The minimum absolute atomic E-state index is 0.0900. The largest absolute Gasteiger partial charge is 0.489 e. The SMILES string of the molecule is N#CC1=C(N)OC2=C(C(=O)c3ccccc3C2=O)C1c1ccc(OCc2ccccc2)cc1. The smallest absolute Gasteiger partial charge is 0.229 e. The predicted molar refractivity (Wildman–Crippen MR) is 120 cm³/mol. The lowest BCUT2D eigenvalue weighted by Crippen LogP contribution is -2.32. The summed E-state index contributed by atoms with van der Waals surface area (Å²) in [5, 5.41) is 9.78. The molecule has 160 valence electrons. The van der Waals surface area contributed by atoms with Crippen molar-refractivity contribution in [2.24, 2.45) is 5.73 Å². The van der Waals surface area contributed by atoms with Gasteiger partial charge in [-0.3, -0.25) is 9.59 Å². The molecule has 0 bridgehead atoms. The highest BCUT2D eigenvalue weighted by molar-refractivity contribution is 6.27. The quantitative estimate of drug-likeness (QED) is 0.653. The van der Waals surface area contributed by atoms with Crippen LogP contribution in [0.25, 0.3) is 0 Å². The first kappa shape index (κ1) is 20.3. The molecule has 1 atom stereocenters. The van der Waals surface area contributed by atoms with Crippen LogP contribution in [0.2, 0.25) is 0 Å². The number of carbonyl (C=O) groups excluding carboxylic acids is 2. The number of hydrogen-bond acceptors (Lipinski definition) is 6. The second-order valence-corrected chi connectivity index (χ2v) is 7.71. The van der Waals surface area contributed by atoms with E-state index in [1.54, 1.807) is 48.5 Å². The molecule has 1 aliphatic carbocycles. The molecule has 2 aliphatic rings. The Bertz CT molecular complexity index is 1380. The molecule has 0 radical (unpaired) electrons. The molecule has 33 heavy (non-hydrogen) atoms. The van der Waals surface area contributed by atoms with Crippen molar-refractivity contribution in [2.75, 3.05) is 0 Å². The molecule has 3 aromatic carbocycles. The number of rotatable bonds is 4. The molecule has 1 aliphatic heterocycles. The van der Waals surface area contributed by atoms with Crippen LogP contribution in [0.3, 0.4) is 0 Å². The van der Waals surface area contributed by atoms with Crippen LogP contribution in [0, 0.1) is 11.3 Å². The molecule has 1 heterocycles. The van der Waals surface area contributed by atoms with Crippen LogP contribution < -0.4 is 10.5 Å². The zero-order valence-corrected chi connectivity index (χ0v) is 17.4. The van der Waals surface area contributed by atoms with E-state index in [9.17, 15) is 14.9 Å². The van der Waals surface area contributed by atoms with Crippen LogP contribution in [-0.2, 0) is 11.3 Å². The number of allylic oxidation sites excluding steroid dienone is 3. The number of Topliss-reactive ketones (excluding diaryl/α,β-unsaturated/α-hetero) is 2. The van der Waals surface area contributed by atoms with E-state index in [1.807, 2.05) is 30.3 Å². The molecule has 0 amide bonds. The van der Waals surface area contributed by atoms with E-state index in [-0.39, 0.29) is 39.7 Å². The van der Waals surface area contributed by atoms with Gasteiger partial charge in [-0.1, -0.05) is 66.7 Å². The van der Waals surface area contributed by atoms with Gasteiger partial charge in [-0.05, 0) is 23.3 Å². The van der Waals surface area contributed by atoms with Crippen molar-refractivity contribution in [3.8, 4) is 11.8 Å². The fourth-order valence-corrected chi connectivity index (χ4v) is 4.14. The number of nitrogens with two attached hydrogens (primary N) is 1. The van der Waals surface area contributed by atoms with Crippen LogP contribution in [0.4, 0.5) is 0 Å². The molecule has 3 aromatic rings. The summed E-state index contributed by atoms with van der Waals surface area (Å²) in [6.45, 7) is 0.410. The van der Waals surface area contributed by atoms with Crippen molar-refractivity contribution >= 4 is 11.6 Å². The summed E-state index contributed by atoms with van der Waals surface area (Å²) in [5.74, 6) is -1.25. The summed E-state index contributed by atoms with van der Waals surface area (Å²) in [7, 11) is 0. The lowest BCUT2D eigenvalue weighted by molar-refractivity contribution is 0.0897. The number of benzene rings is 3. The van der Waals surface area contributed by atoms with Gasteiger partial charge in [0, 0.05) is 11.1 Å². The zero-order chi connectivity index (χ0) is 22.9. The van der Waals surface area contributed by atoms with Crippen LogP contribution >= 0.6 is 0 Å². The highest BCUT2D eigenvalue weighted by Crippen LogP contribution is 2.44. The van der Waals surface area contributed by atoms with Gasteiger partial charge in [0.15, 0.2) is 11.5 Å². The minimum Gasteiger partial charge on any atom is -0.489 e. The van der Waals surface area contributed by atoms with Crippen molar-refractivity contribution in [1.29, 1.82) is 5.26 Å². The number of carbonyl (C=O) groups is 2. The van der Waals surface area contributed by atoms with Crippen molar-refractivity contribution < 1.29 is 19.1 Å². The maximum absolute atomic E-state index is 13.4. The molecular formula is C27H18N2O4. The highest BCUT2D eigenvalue weighted by Gasteiger charge is 2.43. The first-order chi connectivity index (χ1) is 16.1. The van der Waals surface area contributed by atoms with Crippen molar-refractivity contribution in [2.45, 2.75) is 12.5 Å². The van der Waals surface area contributed by atoms with Gasteiger partial charge in [0.2, 0.25) is 11.7 Å². The average molecular weight is 434 g/mol. The van der Waals surface area contributed by atoms with E-state index in [0.29, 0.717) is 17.9 Å². The Morgan fingerprint density at radius 2 is 1.52 bits per heavy atom. The second-order valence-electron chi connectivity index (χ2n) is 7.71. The molecule has 5 rings (SSSR count). The maximum atomic E-state index is 13.4. The molecule has 2 N–H and O–H groups in total. The Balaban J connectivity index is 1.51. The zero-order valence-electron chi connectivity index (χ0n) is 17.4. The number of fused-ring (bicyclic) bond motifs is 1. The van der Waals surface area contributed by atoms with Gasteiger partial charge in [-0.25, -0.2) is 0 Å². The monoisotopic (exact) mass is 434 g/mol. The third-order valence-electron chi connectivity index (χ3n) is 5.75. The Morgan fingerprint density at radius 1 is 0.879 bits per heavy atom. The Hall–Kier alpha value is -4.63. The number of nitriles is 1. The summed E-state index contributed by atoms with van der Waals surface area (Å²) < 4.78 is 11.4. The Morgan fingerprint density at radius 3 is 2.18 bits per heavy atom. The molecule has 0 saturated heterocycles. The maximum Gasteiger partial charge on any atom is 0.229 e. The van der Waals surface area contributed by atoms with Crippen molar-refractivity contribution in [1.82, 2.24) is 0 Å². The van der Waals surface area contributed by atoms with Gasteiger partial charge in [-0.15, -0.1) is 0 Å². The lowest BCUT2D eigenvalue weighted by Gasteiger charge is -2.31. The van der Waals surface area contributed by atoms with Crippen LogP contribution in [0.5, 0.6) is 5.75 Å². The summed E-state index contributed by atoms with van der Waals surface area (Å²) in [6, 6.07) is 25.5. The number of hydrogen-bond donors (Lipinski definition) is 1. The Kier molecular flexibility index (Phi) is 5.00. The third kappa shape index (κ3) is 3.46. The van der Waals surface area contributed by atoms with E-state index >= 15 is 0 Å². The van der Waals surface area contributed by atoms with Crippen LogP contribution in [0.15, 0.2) is 102 Å². The number of nitrogens with zero attached hydrogens (tertiary/aromatic N) is 1. The highest BCUT2D eigenvalue weighted by atomic mass is 16.5. The van der Waals surface area contributed by atoms with Gasteiger partial charge in [-0.2, -0.15) is 5.26 Å². The summed E-state index contributed by atoms with van der Waals surface area (Å²) in [6.07, 6.45) is 0. The van der Waals surface area contributed by atoms with Gasteiger partial charge < -0.3 is 15.2 Å². The van der Waals surface area contributed by atoms with Crippen LogP contribution in [-0.4, -0.2) is 11.6 Å². The van der Waals surface area contributed by atoms with E-state index in [4.69, 9.17) is 15.2 Å². The molecule has 0 fully saturated rings. The fraction of sp³-hybridized carbons (Fsp3) is 0.0741. The van der Waals surface area contributed by atoms with Gasteiger partial charge in [0.05, 0.1) is 11.5 Å². The molecule has 6 heteroatoms. The van der Waals surface area contributed by atoms with E-state index in [0.717, 1.165) is 5.56 Å². The van der Waals surface area contributed by atoms with Crippen molar-refractivity contribution in [3.63, 3.8) is 0 Å². The lowest BCUT2D eigenvalue weighted by atomic mass is 9.75. The molecule has 0 aromatic heterocycles. The molecular weight excluding hydrogens is 416 g/mol. The Labute approximate surface area is 190 Å². The van der Waals surface area contributed by atoms with E-state index in [1.165, 1.54) is 0 Å². The van der Waals surface area contributed by atoms with Crippen molar-refractivity contribution in [3.05, 3.63) is 124 Å². The summed E-state index contributed by atoms with van der Waals surface area (Å²) in [4.78, 5) is 26.5. The number of ether oxygens (including phenoxy) is 2. The molecule has 0 saturated carbocycles. The predicted octanol–water partition coefficient (Wildman–Crippen LogP) is 4.41. The third-order valence-corrected chi connectivity index (χ3v) is 5.75. The minimum atomic E-state index is -0.813. The second kappa shape index (κ2) is 8.13. The van der Waals surface area contributed by atoms with Gasteiger partial charge in [0.1, 0.15) is 24.0 Å². The van der Waals surface area contributed by atoms with Gasteiger partial charge in [0.25, 0.3) is 0 Å². The first-order valence-corrected chi connectivity index (χ1v) is 10.4. The summed E-state index contributed by atoms with van der Waals surface area (Å²) in [5.41, 5.74) is 8.45. The van der Waals surface area contributed by atoms with E-state index < -0.39 is 11.7 Å². The first-order valence-electron chi connectivity index (χ1n) is 10.4. The standard InChI is InChI=1S/C27H18N2O4/c28-14-21-22(17-10-12-18(13-11-17)32-15-16-6-2-1-3-7-16)23-24(30)19-8-4-5-9-20(19)25(31)26(23)33-27(21)29/h1-13,22H,15,29H2. The topological polar surface area (TPSA) is 102 Å². The molecule has 1 unspecified atom stereocenters. The number of ketones is 2. The fourth-order valence-electron chi connectivity index (χ4n) is 4.14. The molecule has 6 nitrogen and oxygen atoms in total. The molecule has 0 spiro atoms. The van der Waals surface area contributed by atoms with Gasteiger partial charge >= 0.3 is 0 Å². The van der Waals surface area contributed by atoms with Crippen LogP contribution in [0.1, 0.15) is 37.8 Å². The summed E-state index contributed by atoms with van der Waals surface area (Å²) >= 11 is 0. The normalized spacial score (nSPS) is 17.1. The van der Waals surface area contributed by atoms with E-state index in [2.05, 4.69) is 6.07 Å².